The Morgan fingerprint density at radius 2 is 2.00 bits per heavy atom. The highest BCUT2D eigenvalue weighted by atomic mass is 35.5. The van der Waals surface area contributed by atoms with Crippen molar-refractivity contribution in [2.45, 2.75) is 39.7 Å². The number of amides is 2. The first-order chi connectivity index (χ1) is 13.9. The predicted octanol–water partition coefficient (Wildman–Crippen LogP) is 4.64. The third-order valence-electron chi connectivity index (χ3n) is 5.34. The fourth-order valence-corrected chi connectivity index (χ4v) is 5.07. The average molecular weight is 433 g/mol. The molecule has 2 aromatic rings. The van der Waals surface area contributed by atoms with E-state index in [0.29, 0.717) is 19.0 Å². The minimum Gasteiger partial charge on any atom is -0.333 e. The zero-order valence-corrected chi connectivity index (χ0v) is 18.9. The van der Waals surface area contributed by atoms with Gasteiger partial charge in [-0.3, -0.25) is 9.59 Å². The van der Waals surface area contributed by atoms with Gasteiger partial charge in [-0.1, -0.05) is 38.1 Å². The molecule has 156 valence electrons. The lowest BCUT2D eigenvalue weighted by Crippen LogP contribution is -2.47. The van der Waals surface area contributed by atoms with Gasteiger partial charge in [0.2, 0.25) is 11.8 Å². The van der Waals surface area contributed by atoms with E-state index in [9.17, 15) is 9.59 Å². The molecule has 29 heavy (non-hydrogen) atoms. The number of carbonyl (C=O) groups is 2. The van der Waals surface area contributed by atoms with Crippen molar-refractivity contribution in [2.24, 2.45) is 5.92 Å². The maximum absolute atomic E-state index is 13.4. The van der Waals surface area contributed by atoms with Gasteiger partial charge >= 0.3 is 0 Å². The summed E-state index contributed by atoms with van der Waals surface area (Å²) in [6, 6.07) is 10.3. The van der Waals surface area contributed by atoms with Gasteiger partial charge in [0.15, 0.2) is 0 Å². The highest BCUT2D eigenvalue weighted by Crippen LogP contribution is 2.39. The van der Waals surface area contributed by atoms with E-state index in [1.165, 1.54) is 16.0 Å². The first kappa shape index (κ1) is 21.8. The quantitative estimate of drug-likeness (QED) is 0.598. The van der Waals surface area contributed by atoms with Crippen LogP contribution in [0.1, 0.15) is 47.9 Å². The second kappa shape index (κ2) is 9.77. The number of aryl methyl sites for hydroxylation is 1. The number of rotatable bonds is 7. The second-order valence-corrected chi connectivity index (χ2v) is 9.38. The van der Waals surface area contributed by atoms with E-state index in [2.05, 4.69) is 44.4 Å². The van der Waals surface area contributed by atoms with Crippen molar-refractivity contribution in [3.8, 4) is 0 Å². The van der Waals surface area contributed by atoms with E-state index < -0.39 is 0 Å². The molecule has 6 heteroatoms. The van der Waals surface area contributed by atoms with Crippen LogP contribution >= 0.6 is 22.9 Å². The van der Waals surface area contributed by atoms with Crippen LogP contribution in [0.2, 0.25) is 0 Å². The molecule has 1 atom stereocenters. The van der Waals surface area contributed by atoms with Crippen molar-refractivity contribution in [1.29, 1.82) is 0 Å². The Kier molecular flexibility index (Phi) is 7.36. The number of carbonyl (C=O) groups excluding carboxylic acids is 2. The monoisotopic (exact) mass is 432 g/mol. The Hall–Kier alpha value is -1.85. The van der Waals surface area contributed by atoms with Gasteiger partial charge in [-0.25, -0.2) is 0 Å². The lowest BCUT2D eigenvalue weighted by atomic mass is 9.90. The van der Waals surface area contributed by atoms with Crippen molar-refractivity contribution < 1.29 is 9.59 Å². The minimum absolute atomic E-state index is 0.00123. The zero-order valence-electron chi connectivity index (χ0n) is 17.4. The summed E-state index contributed by atoms with van der Waals surface area (Å²) in [5, 5.41) is 2.11. The number of hydrogen-bond donors (Lipinski definition) is 0. The highest BCUT2D eigenvalue weighted by Gasteiger charge is 2.34. The van der Waals surface area contributed by atoms with Crippen molar-refractivity contribution in [3.63, 3.8) is 0 Å². The topological polar surface area (TPSA) is 40.6 Å². The number of nitrogens with zero attached hydrogens (tertiary/aromatic N) is 2. The first-order valence-electron chi connectivity index (χ1n) is 10.2. The molecule has 0 saturated heterocycles. The first-order valence-corrected chi connectivity index (χ1v) is 11.6. The standard InChI is InChI=1S/C23H29ClN2O2S/c1-16(2)14-25(21(27)8-11-24)15-22(28)26-12-9-20-19(10-13-29-20)23(26)18-7-5-4-6-17(18)3/h4-7,10,13,16,23H,8-9,11-12,14-15H2,1-3H3. The van der Waals surface area contributed by atoms with Gasteiger partial charge in [-0.05, 0) is 47.4 Å². The molecule has 1 aliphatic heterocycles. The maximum Gasteiger partial charge on any atom is 0.242 e. The van der Waals surface area contributed by atoms with Crippen LogP contribution in [0.5, 0.6) is 0 Å². The normalized spacial score (nSPS) is 16.0. The van der Waals surface area contributed by atoms with Gasteiger partial charge in [-0.2, -0.15) is 0 Å². The summed E-state index contributed by atoms with van der Waals surface area (Å²) < 4.78 is 0. The van der Waals surface area contributed by atoms with Gasteiger partial charge in [-0.15, -0.1) is 22.9 Å². The van der Waals surface area contributed by atoms with Crippen LogP contribution in [0.4, 0.5) is 0 Å². The molecule has 0 saturated carbocycles. The summed E-state index contributed by atoms with van der Waals surface area (Å²) in [5.41, 5.74) is 3.54. The van der Waals surface area contributed by atoms with Crippen LogP contribution < -0.4 is 0 Å². The SMILES string of the molecule is Cc1ccccc1C1c2ccsc2CCN1C(=O)CN(CC(C)C)C(=O)CCCl. The third kappa shape index (κ3) is 5.01. The Labute approximate surface area is 182 Å². The molecule has 4 nitrogen and oxygen atoms in total. The van der Waals surface area contributed by atoms with Crippen LogP contribution in [0, 0.1) is 12.8 Å². The smallest absolute Gasteiger partial charge is 0.242 e. The lowest BCUT2D eigenvalue weighted by Gasteiger charge is -2.38. The Balaban J connectivity index is 1.90. The number of thiophene rings is 1. The zero-order chi connectivity index (χ0) is 21.0. The van der Waals surface area contributed by atoms with Gasteiger partial charge in [0.05, 0.1) is 12.6 Å². The Morgan fingerprint density at radius 1 is 1.24 bits per heavy atom. The molecule has 2 amide bonds. The lowest BCUT2D eigenvalue weighted by molar-refractivity contribution is -0.142. The van der Waals surface area contributed by atoms with E-state index in [1.54, 1.807) is 16.2 Å². The van der Waals surface area contributed by atoms with Crippen LogP contribution in [0.15, 0.2) is 35.7 Å². The van der Waals surface area contributed by atoms with Crippen LogP contribution in [-0.4, -0.2) is 47.1 Å². The van der Waals surface area contributed by atoms with Crippen molar-refractivity contribution in [3.05, 3.63) is 57.3 Å². The largest absolute Gasteiger partial charge is 0.333 e. The van der Waals surface area contributed by atoms with E-state index in [4.69, 9.17) is 11.6 Å². The van der Waals surface area contributed by atoms with Gasteiger partial charge in [0, 0.05) is 30.3 Å². The molecule has 0 bridgehead atoms. The van der Waals surface area contributed by atoms with Gasteiger partial charge < -0.3 is 9.80 Å². The predicted molar refractivity (Wildman–Crippen MR) is 120 cm³/mol. The number of alkyl halides is 1. The molecule has 1 aliphatic rings. The summed E-state index contributed by atoms with van der Waals surface area (Å²) in [5.74, 6) is 0.510. The maximum atomic E-state index is 13.4. The molecular formula is C23H29ClN2O2S. The molecule has 3 rings (SSSR count). The number of halogens is 1. The van der Waals surface area contributed by atoms with Crippen LogP contribution in [0.3, 0.4) is 0 Å². The van der Waals surface area contributed by atoms with Crippen molar-refractivity contribution >= 4 is 34.8 Å². The Bertz CT molecular complexity index is 864. The summed E-state index contributed by atoms with van der Waals surface area (Å²) in [6.07, 6.45) is 1.12. The van der Waals surface area contributed by atoms with E-state index in [0.717, 1.165) is 12.0 Å². The molecular weight excluding hydrogens is 404 g/mol. The summed E-state index contributed by atoms with van der Waals surface area (Å²) >= 11 is 7.54. The van der Waals surface area contributed by atoms with Crippen LogP contribution in [0.25, 0.3) is 0 Å². The van der Waals surface area contributed by atoms with Crippen LogP contribution in [-0.2, 0) is 16.0 Å². The summed E-state index contributed by atoms with van der Waals surface area (Å²) in [4.78, 5) is 30.9. The van der Waals surface area contributed by atoms with Crippen molar-refractivity contribution in [1.82, 2.24) is 9.80 Å². The molecule has 1 aromatic carbocycles. The van der Waals surface area contributed by atoms with Crippen molar-refractivity contribution in [2.75, 3.05) is 25.5 Å². The van der Waals surface area contributed by atoms with E-state index >= 15 is 0 Å². The fraction of sp³-hybridized carbons (Fsp3) is 0.478. The van der Waals surface area contributed by atoms with Gasteiger partial charge in [0.25, 0.3) is 0 Å². The number of benzene rings is 1. The number of hydrogen-bond acceptors (Lipinski definition) is 3. The molecule has 2 heterocycles. The summed E-state index contributed by atoms with van der Waals surface area (Å²) in [6.45, 7) is 7.54. The average Bonchev–Trinajstić information content (AvgIpc) is 3.16. The molecule has 0 spiro atoms. The molecule has 1 unspecified atom stereocenters. The molecule has 0 N–H and O–H groups in total. The molecule has 0 radical (unpaired) electrons. The molecule has 0 aliphatic carbocycles. The molecule has 0 fully saturated rings. The highest BCUT2D eigenvalue weighted by molar-refractivity contribution is 7.10. The second-order valence-electron chi connectivity index (χ2n) is 8.00. The fourth-order valence-electron chi connectivity index (χ4n) is 4.00. The van der Waals surface area contributed by atoms with E-state index in [-0.39, 0.29) is 36.7 Å². The third-order valence-corrected chi connectivity index (χ3v) is 6.53. The van der Waals surface area contributed by atoms with Gasteiger partial charge in [0.1, 0.15) is 0 Å². The summed E-state index contributed by atoms with van der Waals surface area (Å²) in [7, 11) is 0. The van der Waals surface area contributed by atoms with E-state index in [1.807, 2.05) is 17.0 Å². The molecule has 1 aromatic heterocycles. The number of fused-ring (bicyclic) bond motifs is 1. The minimum atomic E-state index is -0.0947. The Morgan fingerprint density at radius 3 is 2.69 bits per heavy atom.